The topological polar surface area (TPSA) is 77.7 Å². The van der Waals surface area contributed by atoms with Crippen LogP contribution in [0.1, 0.15) is 49.0 Å². The number of ether oxygens (including phenoxy) is 1. The molecule has 154 valence electrons. The Hall–Kier alpha value is -1.86. The van der Waals surface area contributed by atoms with Gasteiger partial charge in [0.15, 0.2) is 0 Å². The van der Waals surface area contributed by atoms with Crippen LogP contribution in [0.15, 0.2) is 18.3 Å². The van der Waals surface area contributed by atoms with Gasteiger partial charge in [-0.05, 0) is 50.7 Å². The molecule has 0 radical (unpaired) electrons. The molecule has 0 spiro atoms. The number of hydrogen-bond donors (Lipinski definition) is 2. The Morgan fingerprint density at radius 2 is 1.86 bits per heavy atom. The highest BCUT2D eigenvalue weighted by Gasteiger charge is 2.35. The van der Waals surface area contributed by atoms with Crippen molar-refractivity contribution < 1.29 is 14.3 Å². The van der Waals surface area contributed by atoms with E-state index in [1.54, 1.807) is 12.3 Å². The van der Waals surface area contributed by atoms with Crippen molar-refractivity contribution in [2.45, 2.75) is 50.6 Å². The molecule has 0 aliphatic carbocycles. The van der Waals surface area contributed by atoms with Crippen LogP contribution in [-0.2, 0) is 9.53 Å². The molecule has 4 rings (SSSR count). The van der Waals surface area contributed by atoms with Gasteiger partial charge in [-0.2, -0.15) is 0 Å². The van der Waals surface area contributed by atoms with Crippen LogP contribution in [0.2, 0.25) is 0 Å². The molecule has 2 N–H and O–H groups in total. The SMILES string of the molecule is O=C(N[C@H]1CC[C@@H](C(=O)N2CCCC2)CN(C2CCOCC2)C1)c1ccc[nH]1. The van der Waals surface area contributed by atoms with Gasteiger partial charge in [0.1, 0.15) is 5.69 Å². The Morgan fingerprint density at radius 3 is 2.57 bits per heavy atom. The normalized spacial score (nSPS) is 27.5. The highest BCUT2D eigenvalue weighted by Crippen LogP contribution is 2.25. The predicted molar refractivity (Wildman–Crippen MR) is 106 cm³/mol. The highest BCUT2D eigenvalue weighted by molar-refractivity contribution is 5.92. The van der Waals surface area contributed by atoms with E-state index in [0.717, 1.165) is 77.9 Å². The standard InChI is InChI=1S/C21H32N4O3/c26-20(19-4-3-9-22-19)23-17-6-5-16(21(27)24-10-1-2-11-24)14-25(15-17)18-7-12-28-13-8-18/h3-4,9,16-18,22H,1-2,5-8,10-15H2,(H,23,26)/t16-,17+/m1/s1. The number of aromatic amines is 1. The lowest BCUT2D eigenvalue weighted by Crippen LogP contribution is -2.49. The number of aromatic nitrogens is 1. The molecule has 3 saturated heterocycles. The number of amides is 2. The van der Waals surface area contributed by atoms with E-state index < -0.39 is 0 Å². The number of nitrogens with one attached hydrogen (secondary N) is 2. The van der Waals surface area contributed by atoms with Crippen molar-refractivity contribution in [2.24, 2.45) is 5.92 Å². The monoisotopic (exact) mass is 388 g/mol. The van der Waals surface area contributed by atoms with Gasteiger partial charge in [-0.1, -0.05) is 0 Å². The number of rotatable bonds is 4. The average molecular weight is 389 g/mol. The van der Waals surface area contributed by atoms with Crippen LogP contribution in [0, 0.1) is 5.92 Å². The lowest BCUT2D eigenvalue weighted by Gasteiger charge is -2.36. The molecule has 0 aromatic carbocycles. The molecule has 7 heteroatoms. The molecule has 28 heavy (non-hydrogen) atoms. The van der Waals surface area contributed by atoms with Crippen LogP contribution < -0.4 is 5.32 Å². The largest absolute Gasteiger partial charge is 0.381 e. The summed E-state index contributed by atoms with van der Waals surface area (Å²) in [5.74, 6) is 0.283. The second-order valence-electron chi connectivity index (χ2n) is 8.36. The predicted octanol–water partition coefficient (Wildman–Crippen LogP) is 1.63. The van der Waals surface area contributed by atoms with Crippen LogP contribution in [-0.4, -0.2) is 78.1 Å². The van der Waals surface area contributed by atoms with E-state index in [1.165, 1.54) is 0 Å². The third kappa shape index (κ3) is 4.58. The van der Waals surface area contributed by atoms with E-state index in [2.05, 4.69) is 15.2 Å². The van der Waals surface area contributed by atoms with Gasteiger partial charge in [-0.3, -0.25) is 14.5 Å². The third-order valence-electron chi connectivity index (χ3n) is 6.43. The fraction of sp³-hybridized carbons (Fsp3) is 0.714. The quantitative estimate of drug-likeness (QED) is 0.822. The van der Waals surface area contributed by atoms with Crippen molar-refractivity contribution in [3.8, 4) is 0 Å². The summed E-state index contributed by atoms with van der Waals surface area (Å²) in [6.45, 7) is 4.98. The molecule has 0 saturated carbocycles. The summed E-state index contributed by atoms with van der Waals surface area (Å²) < 4.78 is 5.54. The molecule has 4 heterocycles. The van der Waals surface area contributed by atoms with Crippen molar-refractivity contribution >= 4 is 11.8 Å². The second-order valence-corrected chi connectivity index (χ2v) is 8.36. The van der Waals surface area contributed by atoms with Gasteiger partial charge in [0.25, 0.3) is 5.91 Å². The zero-order valence-corrected chi connectivity index (χ0v) is 16.6. The first-order valence-corrected chi connectivity index (χ1v) is 10.8. The summed E-state index contributed by atoms with van der Waals surface area (Å²) in [5.41, 5.74) is 0.589. The van der Waals surface area contributed by atoms with Crippen molar-refractivity contribution in [2.75, 3.05) is 39.4 Å². The molecule has 2 atom stereocenters. The zero-order valence-electron chi connectivity index (χ0n) is 16.6. The maximum Gasteiger partial charge on any atom is 0.267 e. The Morgan fingerprint density at radius 1 is 1.07 bits per heavy atom. The van der Waals surface area contributed by atoms with Gasteiger partial charge in [-0.15, -0.1) is 0 Å². The molecule has 1 aromatic rings. The number of hydrogen-bond acceptors (Lipinski definition) is 4. The van der Waals surface area contributed by atoms with Gasteiger partial charge in [-0.25, -0.2) is 0 Å². The minimum atomic E-state index is -0.0637. The Kier molecular flexibility index (Phi) is 6.32. The van der Waals surface area contributed by atoms with Crippen molar-refractivity contribution in [3.05, 3.63) is 24.0 Å². The number of carbonyl (C=O) groups excluding carboxylic acids is 2. The molecule has 3 aliphatic heterocycles. The van der Waals surface area contributed by atoms with E-state index in [0.29, 0.717) is 17.6 Å². The van der Waals surface area contributed by atoms with Gasteiger partial charge < -0.3 is 19.9 Å². The van der Waals surface area contributed by atoms with Gasteiger partial charge in [0.2, 0.25) is 5.91 Å². The van der Waals surface area contributed by atoms with E-state index in [1.807, 2.05) is 11.0 Å². The number of likely N-dealkylation sites (tertiary alicyclic amines) is 2. The summed E-state index contributed by atoms with van der Waals surface area (Å²) in [6, 6.07) is 4.13. The minimum Gasteiger partial charge on any atom is -0.381 e. The van der Waals surface area contributed by atoms with Gasteiger partial charge in [0.05, 0.1) is 5.92 Å². The number of nitrogens with zero attached hydrogens (tertiary/aromatic N) is 2. The first-order valence-electron chi connectivity index (χ1n) is 10.8. The number of H-pyrrole nitrogens is 1. The Balaban J connectivity index is 1.45. The molecule has 2 amide bonds. The maximum atomic E-state index is 13.1. The van der Waals surface area contributed by atoms with Crippen LogP contribution in [0.5, 0.6) is 0 Å². The second kappa shape index (κ2) is 9.09. The summed E-state index contributed by atoms with van der Waals surface area (Å²) in [5, 5.41) is 3.19. The summed E-state index contributed by atoms with van der Waals surface area (Å²) in [7, 11) is 0. The molecule has 0 bridgehead atoms. The van der Waals surface area contributed by atoms with Crippen LogP contribution in [0.3, 0.4) is 0 Å². The molecule has 3 fully saturated rings. The molecular weight excluding hydrogens is 356 g/mol. The van der Waals surface area contributed by atoms with E-state index >= 15 is 0 Å². The van der Waals surface area contributed by atoms with Crippen LogP contribution in [0.25, 0.3) is 0 Å². The van der Waals surface area contributed by atoms with Crippen molar-refractivity contribution in [1.82, 2.24) is 20.1 Å². The van der Waals surface area contributed by atoms with Gasteiger partial charge in [0, 0.05) is 57.7 Å². The first kappa shape index (κ1) is 19.5. The van der Waals surface area contributed by atoms with Crippen LogP contribution >= 0.6 is 0 Å². The highest BCUT2D eigenvalue weighted by atomic mass is 16.5. The number of carbonyl (C=O) groups is 2. The lowest BCUT2D eigenvalue weighted by atomic mass is 9.99. The molecule has 1 aromatic heterocycles. The molecule has 0 unspecified atom stereocenters. The van der Waals surface area contributed by atoms with Crippen molar-refractivity contribution in [1.29, 1.82) is 0 Å². The molecule has 3 aliphatic rings. The lowest BCUT2D eigenvalue weighted by molar-refractivity contribution is -0.135. The smallest absolute Gasteiger partial charge is 0.267 e. The van der Waals surface area contributed by atoms with Crippen molar-refractivity contribution in [3.63, 3.8) is 0 Å². The fourth-order valence-electron chi connectivity index (χ4n) is 4.82. The van der Waals surface area contributed by atoms with E-state index in [4.69, 9.17) is 4.74 Å². The Bertz CT molecular complexity index is 651. The third-order valence-corrected chi connectivity index (χ3v) is 6.43. The summed E-state index contributed by atoms with van der Waals surface area (Å²) in [6.07, 6.45) is 7.69. The Labute approximate surface area is 166 Å². The molecule has 7 nitrogen and oxygen atoms in total. The first-order chi connectivity index (χ1) is 13.7. The molecular formula is C21H32N4O3. The van der Waals surface area contributed by atoms with E-state index in [-0.39, 0.29) is 17.9 Å². The van der Waals surface area contributed by atoms with Gasteiger partial charge >= 0.3 is 0 Å². The summed E-state index contributed by atoms with van der Waals surface area (Å²) in [4.78, 5) is 33.1. The maximum absolute atomic E-state index is 13.1. The zero-order chi connectivity index (χ0) is 19.3. The average Bonchev–Trinajstić information content (AvgIpc) is 3.41. The summed E-state index contributed by atoms with van der Waals surface area (Å²) >= 11 is 0. The van der Waals surface area contributed by atoms with E-state index in [9.17, 15) is 9.59 Å². The minimum absolute atomic E-state index is 0.0355. The van der Waals surface area contributed by atoms with Crippen LogP contribution in [0.4, 0.5) is 0 Å². The fourth-order valence-corrected chi connectivity index (χ4v) is 4.82.